The fourth-order valence-electron chi connectivity index (χ4n) is 2.13. The number of nitrogens with zero attached hydrogens (tertiary/aromatic N) is 4. The number of hydrogen-bond donors (Lipinski definition) is 1. The van der Waals surface area contributed by atoms with Gasteiger partial charge in [0, 0.05) is 30.4 Å². The van der Waals surface area contributed by atoms with E-state index in [0.717, 1.165) is 43.0 Å². The molecular weight excluding hydrogens is 238 g/mol. The van der Waals surface area contributed by atoms with Crippen LogP contribution in [0.15, 0.2) is 18.7 Å². The Kier molecular flexibility index (Phi) is 4.49. The average Bonchev–Trinajstić information content (AvgIpc) is 2.90. The molecule has 0 amide bonds. The smallest absolute Gasteiger partial charge is 0.133 e. The topological polar surface area (TPSA) is 55.6 Å². The number of hydrogen-bond acceptors (Lipinski definition) is 4. The van der Waals surface area contributed by atoms with Crippen molar-refractivity contribution in [1.82, 2.24) is 19.7 Å². The van der Waals surface area contributed by atoms with Crippen LogP contribution in [0.2, 0.25) is 0 Å². The van der Waals surface area contributed by atoms with Crippen LogP contribution in [0.3, 0.4) is 0 Å². The van der Waals surface area contributed by atoms with Crippen molar-refractivity contribution in [1.29, 1.82) is 0 Å². The molecule has 2 aromatic rings. The largest absolute Gasteiger partial charge is 0.370 e. The quantitative estimate of drug-likeness (QED) is 0.866. The Morgan fingerprint density at radius 2 is 2.05 bits per heavy atom. The highest BCUT2D eigenvalue weighted by Crippen LogP contribution is 2.26. The summed E-state index contributed by atoms with van der Waals surface area (Å²) in [6, 6.07) is 0. The number of rotatable bonds is 6. The van der Waals surface area contributed by atoms with Gasteiger partial charge in [0.2, 0.25) is 0 Å². The molecule has 0 saturated carbocycles. The van der Waals surface area contributed by atoms with Crippen LogP contribution in [0.5, 0.6) is 0 Å². The second kappa shape index (κ2) is 6.31. The summed E-state index contributed by atoms with van der Waals surface area (Å²) in [6.07, 6.45) is 7.57. The van der Waals surface area contributed by atoms with Crippen LogP contribution in [0.1, 0.15) is 32.8 Å². The zero-order valence-corrected chi connectivity index (χ0v) is 11.8. The normalized spacial score (nSPS) is 10.7. The Hall–Kier alpha value is -1.91. The molecule has 0 saturated heterocycles. The first-order valence-electron chi connectivity index (χ1n) is 6.90. The first-order chi connectivity index (χ1) is 9.30. The first-order valence-corrected chi connectivity index (χ1v) is 6.90. The molecule has 102 valence electrons. The molecule has 5 nitrogen and oxygen atoms in total. The molecule has 19 heavy (non-hydrogen) atoms. The van der Waals surface area contributed by atoms with E-state index in [1.165, 1.54) is 5.56 Å². The fourth-order valence-corrected chi connectivity index (χ4v) is 2.13. The average molecular weight is 259 g/mol. The lowest BCUT2D eigenvalue weighted by molar-refractivity contribution is 0.660. The van der Waals surface area contributed by atoms with Crippen LogP contribution >= 0.6 is 0 Å². The molecule has 0 radical (unpaired) electrons. The maximum absolute atomic E-state index is 4.45. The van der Waals surface area contributed by atoms with Crippen LogP contribution in [-0.4, -0.2) is 26.3 Å². The number of nitrogens with one attached hydrogen (secondary N) is 1. The van der Waals surface area contributed by atoms with Gasteiger partial charge >= 0.3 is 0 Å². The lowest BCUT2D eigenvalue weighted by atomic mass is 10.1. The summed E-state index contributed by atoms with van der Waals surface area (Å²) in [5.74, 6) is 0.943. The van der Waals surface area contributed by atoms with Gasteiger partial charge in [0.15, 0.2) is 0 Å². The maximum Gasteiger partial charge on any atom is 0.133 e. The SMILES string of the molecule is CCCc1c(NCC)ncnc1-c1cnn(CC)c1. The van der Waals surface area contributed by atoms with E-state index in [0.29, 0.717) is 0 Å². The predicted octanol–water partition coefficient (Wildman–Crippen LogP) is 2.74. The molecule has 2 aromatic heterocycles. The molecule has 0 fully saturated rings. The minimum absolute atomic E-state index is 0.862. The molecule has 5 heteroatoms. The highest BCUT2D eigenvalue weighted by Gasteiger charge is 2.13. The number of anilines is 1. The summed E-state index contributed by atoms with van der Waals surface area (Å²) < 4.78 is 1.92. The van der Waals surface area contributed by atoms with Crippen molar-refractivity contribution in [2.45, 2.75) is 40.2 Å². The molecular formula is C14H21N5. The van der Waals surface area contributed by atoms with Gasteiger partial charge in [0.05, 0.1) is 11.9 Å². The van der Waals surface area contributed by atoms with E-state index in [2.05, 4.69) is 41.2 Å². The van der Waals surface area contributed by atoms with Gasteiger partial charge < -0.3 is 5.32 Å². The lowest BCUT2D eigenvalue weighted by Gasteiger charge is -2.12. The zero-order chi connectivity index (χ0) is 13.7. The van der Waals surface area contributed by atoms with E-state index in [4.69, 9.17) is 0 Å². The highest BCUT2D eigenvalue weighted by molar-refractivity contribution is 5.67. The Bertz CT molecular complexity index is 532. The van der Waals surface area contributed by atoms with Crippen LogP contribution in [-0.2, 0) is 13.0 Å². The Labute approximate surface area is 114 Å². The van der Waals surface area contributed by atoms with Crippen LogP contribution in [0.4, 0.5) is 5.82 Å². The molecule has 1 N–H and O–H groups in total. The highest BCUT2D eigenvalue weighted by atomic mass is 15.3. The van der Waals surface area contributed by atoms with Gasteiger partial charge in [-0.05, 0) is 20.3 Å². The number of aromatic nitrogens is 4. The second-order valence-electron chi connectivity index (χ2n) is 4.41. The van der Waals surface area contributed by atoms with Crippen molar-refractivity contribution < 1.29 is 0 Å². The third-order valence-corrected chi connectivity index (χ3v) is 3.02. The molecule has 0 aromatic carbocycles. The van der Waals surface area contributed by atoms with Crippen molar-refractivity contribution in [2.24, 2.45) is 0 Å². The van der Waals surface area contributed by atoms with Crippen LogP contribution in [0.25, 0.3) is 11.3 Å². The molecule has 0 aliphatic heterocycles. The molecule has 0 spiro atoms. The van der Waals surface area contributed by atoms with Gasteiger partial charge in [-0.25, -0.2) is 9.97 Å². The minimum Gasteiger partial charge on any atom is -0.370 e. The molecule has 0 atom stereocenters. The van der Waals surface area contributed by atoms with E-state index in [1.807, 2.05) is 17.1 Å². The predicted molar refractivity (Wildman–Crippen MR) is 77.1 cm³/mol. The Balaban J connectivity index is 2.45. The van der Waals surface area contributed by atoms with E-state index >= 15 is 0 Å². The van der Waals surface area contributed by atoms with Gasteiger partial charge in [-0.15, -0.1) is 0 Å². The van der Waals surface area contributed by atoms with Crippen molar-refractivity contribution in [3.05, 3.63) is 24.3 Å². The first kappa shape index (κ1) is 13.5. The standard InChI is InChI=1S/C14H21N5/c1-4-7-12-13(11-8-18-19(6-3)9-11)16-10-17-14(12)15-5-2/h8-10H,4-7H2,1-3H3,(H,15,16,17). The molecule has 0 unspecified atom stereocenters. The second-order valence-corrected chi connectivity index (χ2v) is 4.41. The van der Waals surface area contributed by atoms with E-state index in [1.54, 1.807) is 6.33 Å². The summed E-state index contributed by atoms with van der Waals surface area (Å²) in [6.45, 7) is 8.05. The lowest BCUT2D eigenvalue weighted by Crippen LogP contribution is -2.06. The third kappa shape index (κ3) is 2.92. The number of aryl methyl sites for hydroxylation is 1. The van der Waals surface area contributed by atoms with Crippen molar-refractivity contribution >= 4 is 5.82 Å². The fraction of sp³-hybridized carbons (Fsp3) is 0.500. The molecule has 0 bridgehead atoms. The van der Waals surface area contributed by atoms with Crippen molar-refractivity contribution in [3.63, 3.8) is 0 Å². The summed E-state index contributed by atoms with van der Waals surface area (Å²) in [4.78, 5) is 8.80. The third-order valence-electron chi connectivity index (χ3n) is 3.02. The van der Waals surface area contributed by atoms with Crippen molar-refractivity contribution in [2.75, 3.05) is 11.9 Å². The van der Waals surface area contributed by atoms with E-state index < -0.39 is 0 Å². The van der Waals surface area contributed by atoms with Crippen LogP contribution < -0.4 is 5.32 Å². The molecule has 0 aliphatic carbocycles. The van der Waals surface area contributed by atoms with Gasteiger partial charge in [-0.2, -0.15) is 5.10 Å². The summed E-state index contributed by atoms with van der Waals surface area (Å²) in [7, 11) is 0. The van der Waals surface area contributed by atoms with Gasteiger partial charge in [0.25, 0.3) is 0 Å². The van der Waals surface area contributed by atoms with E-state index in [-0.39, 0.29) is 0 Å². The molecule has 2 heterocycles. The zero-order valence-electron chi connectivity index (χ0n) is 11.8. The minimum atomic E-state index is 0.862. The summed E-state index contributed by atoms with van der Waals surface area (Å²) in [5.41, 5.74) is 3.24. The van der Waals surface area contributed by atoms with Gasteiger partial charge in [0.1, 0.15) is 12.1 Å². The summed E-state index contributed by atoms with van der Waals surface area (Å²) >= 11 is 0. The van der Waals surface area contributed by atoms with Crippen LogP contribution in [0, 0.1) is 0 Å². The molecule has 0 aliphatic rings. The Morgan fingerprint density at radius 3 is 2.68 bits per heavy atom. The molecule has 2 rings (SSSR count). The maximum atomic E-state index is 4.45. The van der Waals surface area contributed by atoms with Gasteiger partial charge in [-0.3, -0.25) is 4.68 Å². The van der Waals surface area contributed by atoms with Gasteiger partial charge in [-0.1, -0.05) is 13.3 Å². The Morgan fingerprint density at radius 1 is 1.21 bits per heavy atom. The van der Waals surface area contributed by atoms with E-state index in [9.17, 15) is 0 Å². The summed E-state index contributed by atoms with van der Waals surface area (Å²) in [5, 5.41) is 7.64. The van der Waals surface area contributed by atoms with Crippen molar-refractivity contribution in [3.8, 4) is 11.3 Å². The monoisotopic (exact) mass is 259 g/mol.